The molecular weight excluding hydrogens is 252 g/mol. The van der Waals surface area contributed by atoms with E-state index in [1.54, 1.807) is 24.1 Å². The number of urea groups is 1. The summed E-state index contributed by atoms with van der Waals surface area (Å²) in [4.78, 5) is 13.8. The summed E-state index contributed by atoms with van der Waals surface area (Å²) < 4.78 is 5.00. The van der Waals surface area contributed by atoms with Crippen LogP contribution in [0.4, 0.5) is 10.5 Å². The zero-order chi connectivity index (χ0) is 13.4. The van der Waals surface area contributed by atoms with E-state index in [4.69, 9.17) is 16.3 Å². The Balaban J connectivity index is 2.63. The van der Waals surface area contributed by atoms with Gasteiger partial charge in [0.1, 0.15) is 0 Å². The summed E-state index contributed by atoms with van der Waals surface area (Å²) in [6.07, 6.45) is 0.902. The van der Waals surface area contributed by atoms with Gasteiger partial charge in [-0.25, -0.2) is 4.79 Å². The summed E-state index contributed by atoms with van der Waals surface area (Å²) in [6, 6.07) is 7.03. The molecule has 100 valence electrons. The largest absolute Gasteiger partial charge is 0.383 e. The molecule has 0 atom stereocenters. The number of para-hydroxylation sites is 1. The number of benzene rings is 1. The van der Waals surface area contributed by atoms with Gasteiger partial charge in [0.05, 0.1) is 17.3 Å². The van der Waals surface area contributed by atoms with Gasteiger partial charge in [0.2, 0.25) is 0 Å². The van der Waals surface area contributed by atoms with Crippen molar-refractivity contribution in [2.24, 2.45) is 0 Å². The van der Waals surface area contributed by atoms with E-state index in [0.717, 1.165) is 6.42 Å². The lowest BCUT2D eigenvalue weighted by Crippen LogP contribution is -2.37. The minimum Gasteiger partial charge on any atom is -0.383 e. The number of hydrogen-bond donors (Lipinski definition) is 1. The highest BCUT2D eigenvalue weighted by atomic mass is 35.5. The van der Waals surface area contributed by atoms with Crippen LogP contribution in [0.1, 0.15) is 13.3 Å². The van der Waals surface area contributed by atoms with Crippen molar-refractivity contribution in [3.8, 4) is 0 Å². The van der Waals surface area contributed by atoms with Crippen molar-refractivity contribution in [1.82, 2.24) is 4.90 Å². The third kappa shape index (κ3) is 4.55. The SMILES string of the molecule is CCCN(CCOC)C(=O)Nc1ccccc1Cl. The topological polar surface area (TPSA) is 41.6 Å². The van der Waals surface area contributed by atoms with E-state index in [9.17, 15) is 4.79 Å². The van der Waals surface area contributed by atoms with E-state index in [1.807, 2.05) is 19.1 Å². The number of halogens is 1. The molecule has 0 heterocycles. The molecule has 0 radical (unpaired) electrons. The first-order chi connectivity index (χ1) is 8.69. The first-order valence-electron chi connectivity index (χ1n) is 5.98. The van der Waals surface area contributed by atoms with Crippen LogP contribution < -0.4 is 5.32 Å². The third-order valence-corrected chi connectivity index (χ3v) is 2.79. The average molecular weight is 271 g/mol. The Bertz CT molecular complexity index is 385. The maximum atomic E-state index is 12.1. The molecule has 5 heteroatoms. The fourth-order valence-electron chi connectivity index (χ4n) is 1.54. The lowest BCUT2D eigenvalue weighted by molar-refractivity contribution is 0.155. The lowest BCUT2D eigenvalue weighted by Gasteiger charge is -2.22. The maximum Gasteiger partial charge on any atom is 0.321 e. The van der Waals surface area contributed by atoms with Gasteiger partial charge in [0.15, 0.2) is 0 Å². The Morgan fingerprint density at radius 2 is 2.11 bits per heavy atom. The van der Waals surface area contributed by atoms with Crippen molar-refractivity contribution in [2.75, 3.05) is 32.1 Å². The minimum atomic E-state index is -0.151. The Labute approximate surface area is 113 Å². The number of carbonyl (C=O) groups is 1. The summed E-state index contributed by atoms with van der Waals surface area (Å²) in [7, 11) is 1.62. The van der Waals surface area contributed by atoms with Crippen LogP contribution in [0.25, 0.3) is 0 Å². The molecule has 1 N–H and O–H groups in total. The molecule has 4 nitrogen and oxygen atoms in total. The highest BCUT2D eigenvalue weighted by Crippen LogP contribution is 2.20. The van der Waals surface area contributed by atoms with Crippen molar-refractivity contribution >= 4 is 23.3 Å². The Morgan fingerprint density at radius 1 is 1.39 bits per heavy atom. The fourth-order valence-corrected chi connectivity index (χ4v) is 1.73. The van der Waals surface area contributed by atoms with E-state index in [2.05, 4.69) is 5.32 Å². The summed E-state index contributed by atoms with van der Waals surface area (Å²) in [6.45, 7) is 3.82. The smallest absolute Gasteiger partial charge is 0.321 e. The zero-order valence-electron chi connectivity index (χ0n) is 10.8. The fraction of sp³-hybridized carbons (Fsp3) is 0.462. The van der Waals surface area contributed by atoms with Crippen LogP contribution in [0.2, 0.25) is 5.02 Å². The summed E-state index contributed by atoms with van der Waals surface area (Å²) in [5, 5.41) is 3.34. The summed E-state index contributed by atoms with van der Waals surface area (Å²) in [5.74, 6) is 0. The number of rotatable bonds is 6. The molecule has 0 fully saturated rings. The van der Waals surface area contributed by atoms with Gasteiger partial charge in [-0.1, -0.05) is 30.7 Å². The molecule has 2 amide bonds. The molecule has 0 aliphatic rings. The molecule has 0 aliphatic carbocycles. The van der Waals surface area contributed by atoms with Gasteiger partial charge >= 0.3 is 6.03 Å². The van der Waals surface area contributed by atoms with Crippen molar-refractivity contribution in [3.05, 3.63) is 29.3 Å². The second-order valence-corrected chi connectivity index (χ2v) is 4.30. The van der Waals surface area contributed by atoms with E-state index in [-0.39, 0.29) is 6.03 Å². The number of carbonyl (C=O) groups excluding carboxylic acids is 1. The Hall–Kier alpha value is -1.26. The van der Waals surface area contributed by atoms with Crippen LogP contribution in [0.3, 0.4) is 0 Å². The molecule has 18 heavy (non-hydrogen) atoms. The first-order valence-corrected chi connectivity index (χ1v) is 6.36. The molecule has 1 aromatic carbocycles. The van der Waals surface area contributed by atoms with Crippen molar-refractivity contribution in [1.29, 1.82) is 0 Å². The number of methoxy groups -OCH3 is 1. The molecular formula is C13H19ClN2O2. The molecule has 1 rings (SSSR count). The quantitative estimate of drug-likeness (QED) is 0.862. The zero-order valence-corrected chi connectivity index (χ0v) is 11.5. The van der Waals surface area contributed by atoms with Crippen molar-refractivity contribution < 1.29 is 9.53 Å². The van der Waals surface area contributed by atoms with Crippen LogP contribution in [0.15, 0.2) is 24.3 Å². The van der Waals surface area contributed by atoms with Gasteiger partial charge < -0.3 is 15.0 Å². The standard InChI is InChI=1S/C13H19ClN2O2/c1-3-8-16(9-10-18-2)13(17)15-12-7-5-4-6-11(12)14/h4-7H,3,8-10H2,1-2H3,(H,15,17). The monoisotopic (exact) mass is 270 g/mol. The molecule has 1 aromatic rings. The van der Waals surface area contributed by atoms with Crippen LogP contribution >= 0.6 is 11.6 Å². The van der Waals surface area contributed by atoms with E-state index >= 15 is 0 Å². The normalized spacial score (nSPS) is 10.2. The lowest BCUT2D eigenvalue weighted by atomic mass is 10.3. The van der Waals surface area contributed by atoms with Crippen LogP contribution in [-0.4, -0.2) is 37.7 Å². The number of hydrogen-bond acceptors (Lipinski definition) is 2. The number of nitrogens with zero attached hydrogens (tertiary/aromatic N) is 1. The van der Waals surface area contributed by atoms with Crippen molar-refractivity contribution in [2.45, 2.75) is 13.3 Å². The molecule has 0 unspecified atom stereocenters. The van der Waals surface area contributed by atoms with Gasteiger partial charge in [-0.05, 0) is 18.6 Å². The van der Waals surface area contributed by atoms with Crippen LogP contribution in [0, 0.1) is 0 Å². The molecule has 0 aliphatic heterocycles. The average Bonchev–Trinajstić information content (AvgIpc) is 2.37. The molecule has 0 saturated heterocycles. The Kier molecular flexibility index (Phi) is 6.54. The van der Waals surface area contributed by atoms with Gasteiger partial charge in [0.25, 0.3) is 0 Å². The highest BCUT2D eigenvalue weighted by Gasteiger charge is 2.13. The number of anilines is 1. The second-order valence-electron chi connectivity index (χ2n) is 3.89. The van der Waals surface area contributed by atoms with E-state index in [0.29, 0.717) is 30.4 Å². The number of amides is 2. The summed E-state index contributed by atoms with van der Waals surface area (Å²) in [5.41, 5.74) is 0.627. The first kappa shape index (κ1) is 14.8. The molecule has 0 spiro atoms. The molecule has 0 saturated carbocycles. The third-order valence-electron chi connectivity index (χ3n) is 2.46. The van der Waals surface area contributed by atoms with Crippen LogP contribution in [0.5, 0.6) is 0 Å². The molecule has 0 aromatic heterocycles. The van der Waals surface area contributed by atoms with Crippen molar-refractivity contribution in [3.63, 3.8) is 0 Å². The van der Waals surface area contributed by atoms with Gasteiger partial charge in [0, 0.05) is 20.2 Å². The van der Waals surface area contributed by atoms with E-state index < -0.39 is 0 Å². The van der Waals surface area contributed by atoms with Gasteiger partial charge in [-0.3, -0.25) is 0 Å². The predicted octanol–water partition coefficient (Wildman–Crippen LogP) is 3.23. The second kappa shape index (κ2) is 7.95. The Morgan fingerprint density at radius 3 is 2.72 bits per heavy atom. The predicted molar refractivity (Wildman–Crippen MR) is 74.2 cm³/mol. The highest BCUT2D eigenvalue weighted by molar-refractivity contribution is 6.33. The summed E-state index contributed by atoms with van der Waals surface area (Å²) >= 11 is 6.00. The molecule has 0 bridgehead atoms. The number of ether oxygens (including phenoxy) is 1. The van der Waals surface area contributed by atoms with Gasteiger partial charge in [-0.2, -0.15) is 0 Å². The van der Waals surface area contributed by atoms with E-state index in [1.165, 1.54) is 0 Å². The maximum absolute atomic E-state index is 12.1. The van der Waals surface area contributed by atoms with Gasteiger partial charge in [-0.15, -0.1) is 0 Å². The number of nitrogens with one attached hydrogen (secondary N) is 1. The minimum absolute atomic E-state index is 0.151. The van der Waals surface area contributed by atoms with Crippen LogP contribution in [-0.2, 0) is 4.74 Å².